The number of aliphatic hydroxyl groups is 1. The highest BCUT2D eigenvalue weighted by Gasteiger charge is 2.23. The topological polar surface area (TPSA) is 74.2 Å². The third-order valence-electron chi connectivity index (χ3n) is 4.37. The molecule has 0 unspecified atom stereocenters. The van der Waals surface area contributed by atoms with E-state index in [1.54, 1.807) is 50.6 Å². The minimum absolute atomic E-state index is 0.283. The van der Waals surface area contributed by atoms with Gasteiger partial charge in [0.25, 0.3) is 0 Å². The first kappa shape index (κ1) is 19.6. The SMILES string of the molecule is COC(=O)c1ccc([C@H](C)[C@@H](O)c2ccc(OC)c(OC)c2)c(OC)c1. The van der Waals surface area contributed by atoms with Crippen LogP contribution in [0, 0.1) is 0 Å². The lowest BCUT2D eigenvalue weighted by Gasteiger charge is -2.23. The average Bonchev–Trinajstić information content (AvgIpc) is 2.70. The molecule has 1 N–H and O–H groups in total. The molecule has 0 aliphatic carbocycles. The molecule has 0 aromatic heterocycles. The van der Waals surface area contributed by atoms with Crippen molar-refractivity contribution in [3.8, 4) is 17.2 Å². The van der Waals surface area contributed by atoms with Gasteiger partial charge in [0, 0.05) is 5.92 Å². The standard InChI is InChI=1S/C20H24O6/c1-12(15-8-6-14(20(22)26-5)11-17(15)24-3)19(21)13-7-9-16(23-2)18(10-13)25-4/h6-12,19,21H,1-5H3/t12-,19+/m0/s1. The van der Waals surface area contributed by atoms with Crippen molar-refractivity contribution in [1.82, 2.24) is 0 Å². The van der Waals surface area contributed by atoms with E-state index >= 15 is 0 Å². The highest BCUT2D eigenvalue weighted by molar-refractivity contribution is 5.90. The number of methoxy groups -OCH3 is 4. The van der Waals surface area contributed by atoms with E-state index in [0.29, 0.717) is 28.4 Å². The summed E-state index contributed by atoms with van der Waals surface area (Å²) in [6.07, 6.45) is -0.798. The minimum atomic E-state index is -0.798. The molecule has 0 aliphatic rings. The van der Waals surface area contributed by atoms with E-state index in [-0.39, 0.29) is 5.92 Å². The summed E-state index contributed by atoms with van der Waals surface area (Å²) in [5.41, 5.74) is 1.86. The molecule has 0 aliphatic heterocycles. The van der Waals surface area contributed by atoms with Gasteiger partial charge in [-0.2, -0.15) is 0 Å². The zero-order valence-electron chi connectivity index (χ0n) is 15.6. The smallest absolute Gasteiger partial charge is 0.337 e. The van der Waals surface area contributed by atoms with Gasteiger partial charge in [0.15, 0.2) is 11.5 Å². The van der Waals surface area contributed by atoms with Gasteiger partial charge in [-0.25, -0.2) is 4.79 Å². The number of hydrogen-bond acceptors (Lipinski definition) is 6. The maximum atomic E-state index is 11.7. The van der Waals surface area contributed by atoms with Crippen LogP contribution in [0.4, 0.5) is 0 Å². The molecule has 0 spiro atoms. The summed E-state index contributed by atoms with van der Waals surface area (Å²) in [5, 5.41) is 10.8. The Balaban J connectivity index is 2.35. The van der Waals surface area contributed by atoms with E-state index in [2.05, 4.69) is 0 Å². The second kappa shape index (κ2) is 8.58. The fraction of sp³-hybridized carbons (Fsp3) is 0.350. The molecule has 140 valence electrons. The van der Waals surface area contributed by atoms with Crippen molar-refractivity contribution in [2.75, 3.05) is 28.4 Å². The number of carbonyl (C=O) groups is 1. The molecular formula is C20H24O6. The predicted octanol–water partition coefficient (Wildman–Crippen LogP) is 3.34. The maximum absolute atomic E-state index is 11.7. The molecule has 26 heavy (non-hydrogen) atoms. The summed E-state index contributed by atoms with van der Waals surface area (Å²) in [5.74, 6) is 0.929. The van der Waals surface area contributed by atoms with Crippen LogP contribution in [0.5, 0.6) is 17.2 Å². The second-order valence-corrected chi connectivity index (χ2v) is 5.80. The largest absolute Gasteiger partial charge is 0.496 e. The molecule has 6 nitrogen and oxygen atoms in total. The Kier molecular flexibility index (Phi) is 6.46. The van der Waals surface area contributed by atoms with E-state index in [1.807, 2.05) is 6.92 Å². The molecule has 6 heteroatoms. The number of benzene rings is 2. The molecule has 0 saturated carbocycles. The number of rotatable bonds is 7. The summed E-state index contributed by atoms with van der Waals surface area (Å²) in [6, 6.07) is 10.3. The summed E-state index contributed by atoms with van der Waals surface area (Å²) >= 11 is 0. The van der Waals surface area contributed by atoms with Crippen molar-refractivity contribution in [2.45, 2.75) is 18.9 Å². The highest BCUT2D eigenvalue weighted by atomic mass is 16.5. The third kappa shape index (κ3) is 3.91. The monoisotopic (exact) mass is 360 g/mol. The zero-order chi connectivity index (χ0) is 19.3. The molecule has 0 heterocycles. The van der Waals surface area contributed by atoms with E-state index in [9.17, 15) is 9.90 Å². The molecular weight excluding hydrogens is 336 g/mol. The van der Waals surface area contributed by atoms with Crippen LogP contribution in [0.25, 0.3) is 0 Å². The van der Waals surface area contributed by atoms with Crippen molar-refractivity contribution in [2.24, 2.45) is 0 Å². The summed E-state index contributed by atoms with van der Waals surface area (Å²) in [6.45, 7) is 1.89. The number of ether oxygens (including phenoxy) is 4. The Labute approximate surface area is 153 Å². The normalized spacial score (nSPS) is 12.8. The van der Waals surface area contributed by atoms with Crippen LogP contribution in [0.1, 0.15) is 40.4 Å². The van der Waals surface area contributed by atoms with Crippen molar-refractivity contribution >= 4 is 5.97 Å². The molecule has 2 aromatic rings. The Hall–Kier alpha value is -2.73. The van der Waals surface area contributed by atoms with E-state index in [0.717, 1.165) is 5.56 Å². The van der Waals surface area contributed by atoms with E-state index < -0.39 is 12.1 Å². The first-order chi connectivity index (χ1) is 12.5. The van der Waals surface area contributed by atoms with Crippen LogP contribution in [-0.2, 0) is 4.74 Å². The third-order valence-corrected chi connectivity index (χ3v) is 4.37. The van der Waals surface area contributed by atoms with Gasteiger partial charge in [-0.3, -0.25) is 0 Å². The minimum Gasteiger partial charge on any atom is -0.496 e. The van der Waals surface area contributed by atoms with Crippen LogP contribution < -0.4 is 14.2 Å². The molecule has 0 radical (unpaired) electrons. The van der Waals surface area contributed by atoms with Crippen molar-refractivity contribution in [3.05, 3.63) is 53.1 Å². The first-order valence-corrected chi connectivity index (χ1v) is 8.13. The summed E-state index contributed by atoms with van der Waals surface area (Å²) in [4.78, 5) is 11.7. The molecule has 0 bridgehead atoms. The molecule has 2 rings (SSSR count). The van der Waals surface area contributed by atoms with Gasteiger partial charge in [-0.1, -0.05) is 19.1 Å². The summed E-state index contributed by atoms with van der Waals surface area (Å²) in [7, 11) is 5.96. The Morgan fingerprint density at radius 1 is 0.885 bits per heavy atom. The summed E-state index contributed by atoms with van der Waals surface area (Å²) < 4.78 is 20.7. The molecule has 2 atom stereocenters. The van der Waals surface area contributed by atoms with E-state index in [1.165, 1.54) is 14.2 Å². The van der Waals surface area contributed by atoms with Crippen LogP contribution >= 0.6 is 0 Å². The van der Waals surface area contributed by atoms with Crippen molar-refractivity contribution < 1.29 is 28.8 Å². The average molecular weight is 360 g/mol. The van der Waals surface area contributed by atoms with Gasteiger partial charge < -0.3 is 24.1 Å². The highest BCUT2D eigenvalue weighted by Crippen LogP contribution is 2.38. The molecule has 0 fully saturated rings. The van der Waals surface area contributed by atoms with Crippen LogP contribution in [0.15, 0.2) is 36.4 Å². The quantitative estimate of drug-likeness (QED) is 0.764. The lowest BCUT2D eigenvalue weighted by Crippen LogP contribution is -2.10. The van der Waals surface area contributed by atoms with Gasteiger partial charge in [-0.05, 0) is 35.4 Å². The van der Waals surface area contributed by atoms with Gasteiger partial charge in [0.2, 0.25) is 0 Å². The van der Waals surface area contributed by atoms with Crippen molar-refractivity contribution in [1.29, 1.82) is 0 Å². The lowest BCUT2D eigenvalue weighted by molar-refractivity contribution is 0.0600. The lowest BCUT2D eigenvalue weighted by atomic mass is 9.89. The second-order valence-electron chi connectivity index (χ2n) is 5.80. The van der Waals surface area contributed by atoms with Gasteiger partial charge in [-0.15, -0.1) is 0 Å². The Morgan fingerprint density at radius 3 is 2.12 bits per heavy atom. The number of carbonyl (C=O) groups excluding carboxylic acids is 1. The first-order valence-electron chi connectivity index (χ1n) is 8.13. The van der Waals surface area contributed by atoms with Crippen LogP contribution in [-0.4, -0.2) is 39.5 Å². The number of hydrogen-bond donors (Lipinski definition) is 1. The number of esters is 1. The fourth-order valence-electron chi connectivity index (χ4n) is 2.83. The van der Waals surface area contributed by atoms with Crippen LogP contribution in [0.3, 0.4) is 0 Å². The molecule has 2 aromatic carbocycles. The number of aliphatic hydroxyl groups excluding tert-OH is 1. The van der Waals surface area contributed by atoms with Crippen molar-refractivity contribution in [3.63, 3.8) is 0 Å². The molecule has 0 amide bonds. The van der Waals surface area contributed by atoms with Gasteiger partial charge in [0.1, 0.15) is 5.75 Å². The fourth-order valence-corrected chi connectivity index (χ4v) is 2.83. The zero-order valence-corrected chi connectivity index (χ0v) is 15.6. The Bertz CT molecular complexity index is 771. The van der Waals surface area contributed by atoms with Crippen LogP contribution in [0.2, 0.25) is 0 Å². The predicted molar refractivity (Wildman–Crippen MR) is 97.3 cm³/mol. The Morgan fingerprint density at radius 2 is 1.54 bits per heavy atom. The molecule has 0 saturated heterocycles. The maximum Gasteiger partial charge on any atom is 0.337 e. The van der Waals surface area contributed by atoms with E-state index in [4.69, 9.17) is 18.9 Å². The van der Waals surface area contributed by atoms with Gasteiger partial charge in [0.05, 0.1) is 40.1 Å². The van der Waals surface area contributed by atoms with Gasteiger partial charge >= 0.3 is 5.97 Å².